The highest BCUT2D eigenvalue weighted by Crippen LogP contribution is 2.22. The molecule has 2 aromatic heterocycles. The molecule has 1 unspecified atom stereocenters. The first-order chi connectivity index (χ1) is 8.67. The Balaban J connectivity index is 2.65. The molecule has 0 radical (unpaired) electrons. The first-order valence-electron chi connectivity index (χ1n) is 5.87. The number of nitrogens with zero attached hydrogens (tertiary/aromatic N) is 4. The number of fused-ring (bicyclic) bond motifs is 1. The highest BCUT2D eigenvalue weighted by atomic mass is 32.2. The average molecular weight is 264 g/mol. The van der Waals surface area contributed by atoms with Crippen molar-refractivity contribution < 1.29 is 4.21 Å². The van der Waals surface area contributed by atoms with Gasteiger partial charge in [-0.3, -0.25) is 4.21 Å². The molecule has 0 aliphatic heterocycles. The van der Waals surface area contributed by atoms with Crippen molar-refractivity contribution in [2.45, 2.75) is 19.0 Å². The zero-order valence-corrected chi connectivity index (χ0v) is 11.6. The summed E-state index contributed by atoms with van der Waals surface area (Å²) in [7, 11) is -1.18. The number of anilines is 1. The molecule has 0 saturated heterocycles. The van der Waals surface area contributed by atoms with E-state index in [-0.39, 0.29) is 0 Å². The van der Waals surface area contributed by atoms with E-state index in [1.54, 1.807) is 18.6 Å². The van der Waals surface area contributed by atoms with Gasteiger partial charge in [0.25, 0.3) is 0 Å². The summed E-state index contributed by atoms with van der Waals surface area (Å²) >= 11 is 0. The van der Waals surface area contributed by atoms with Crippen LogP contribution in [0.3, 0.4) is 0 Å². The van der Waals surface area contributed by atoms with Gasteiger partial charge in [0.15, 0.2) is 5.82 Å². The Morgan fingerprint density at radius 3 is 2.61 bits per heavy atom. The van der Waals surface area contributed by atoms with Crippen molar-refractivity contribution in [3.05, 3.63) is 18.5 Å². The topological polar surface area (TPSA) is 59.0 Å². The van der Waals surface area contributed by atoms with Crippen molar-refractivity contribution in [2.75, 3.05) is 24.2 Å². The van der Waals surface area contributed by atoms with Crippen molar-refractivity contribution in [1.82, 2.24) is 15.0 Å². The van der Waals surface area contributed by atoms with E-state index < -0.39 is 10.8 Å². The predicted octanol–water partition coefficient (Wildman–Crippen LogP) is 1.61. The Kier molecular flexibility index (Phi) is 3.86. The molecule has 0 saturated carbocycles. The van der Waals surface area contributed by atoms with Gasteiger partial charge in [-0.25, -0.2) is 15.0 Å². The van der Waals surface area contributed by atoms with Crippen molar-refractivity contribution in [3.63, 3.8) is 0 Å². The monoisotopic (exact) mass is 264 g/mol. The van der Waals surface area contributed by atoms with Gasteiger partial charge in [0, 0.05) is 37.1 Å². The smallest absolute Gasteiger partial charge is 0.218 e. The average Bonchev–Trinajstić information content (AvgIpc) is 2.39. The molecule has 0 N–H and O–H groups in total. The Labute approximate surface area is 109 Å². The molecule has 0 bridgehead atoms. The third-order valence-corrected chi connectivity index (χ3v) is 3.49. The third kappa shape index (κ3) is 2.33. The lowest BCUT2D eigenvalue weighted by Crippen LogP contribution is -2.23. The van der Waals surface area contributed by atoms with E-state index in [1.165, 1.54) is 0 Å². The van der Waals surface area contributed by atoms with E-state index in [2.05, 4.69) is 33.7 Å². The van der Waals surface area contributed by atoms with Gasteiger partial charge < -0.3 is 4.90 Å². The van der Waals surface area contributed by atoms with Gasteiger partial charge in [0.05, 0.1) is 10.8 Å². The van der Waals surface area contributed by atoms with Crippen LogP contribution in [0.4, 0.5) is 5.82 Å². The molecule has 0 aliphatic carbocycles. The highest BCUT2D eigenvalue weighted by molar-refractivity contribution is 7.84. The van der Waals surface area contributed by atoms with E-state index >= 15 is 0 Å². The van der Waals surface area contributed by atoms with E-state index in [9.17, 15) is 4.21 Å². The fourth-order valence-corrected chi connectivity index (χ4v) is 2.24. The van der Waals surface area contributed by atoms with Crippen LogP contribution >= 0.6 is 0 Å². The van der Waals surface area contributed by atoms with Gasteiger partial charge in [-0.05, 0) is 19.9 Å². The maximum absolute atomic E-state index is 11.5. The fourth-order valence-electron chi connectivity index (χ4n) is 1.82. The lowest BCUT2D eigenvalue weighted by Gasteiger charge is -2.20. The number of hydrogen-bond donors (Lipinski definition) is 0. The van der Waals surface area contributed by atoms with Gasteiger partial charge >= 0.3 is 0 Å². The van der Waals surface area contributed by atoms with E-state index in [0.29, 0.717) is 5.16 Å². The zero-order valence-electron chi connectivity index (χ0n) is 10.8. The van der Waals surface area contributed by atoms with Crippen LogP contribution in [-0.4, -0.2) is 38.5 Å². The zero-order chi connectivity index (χ0) is 13.1. The molecule has 0 amide bonds. The summed E-state index contributed by atoms with van der Waals surface area (Å²) in [6, 6.07) is 1.87. The van der Waals surface area contributed by atoms with Gasteiger partial charge in [-0.2, -0.15) is 0 Å². The molecule has 0 aromatic carbocycles. The number of aromatic nitrogens is 3. The van der Waals surface area contributed by atoms with Crippen LogP contribution in [0.1, 0.15) is 13.8 Å². The second kappa shape index (κ2) is 5.39. The van der Waals surface area contributed by atoms with Gasteiger partial charge in [-0.1, -0.05) is 0 Å². The minimum atomic E-state index is -1.18. The molecule has 2 rings (SSSR count). The molecule has 6 heteroatoms. The maximum atomic E-state index is 11.5. The number of pyridine rings is 1. The van der Waals surface area contributed by atoms with Crippen LogP contribution in [0.5, 0.6) is 0 Å². The van der Waals surface area contributed by atoms with Crippen molar-refractivity contribution in [1.29, 1.82) is 0 Å². The molecular formula is C12H16N4OS. The molecule has 96 valence electrons. The largest absolute Gasteiger partial charge is 0.355 e. The molecule has 0 aliphatic rings. The summed E-state index contributed by atoms with van der Waals surface area (Å²) in [4.78, 5) is 15.0. The summed E-state index contributed by atoms with van der Waals surface area (Å²) < 4.78 is 11.5. The minimum absolute atomic E-state index is 0.351. The third-order valence-electron chi connectivity index (χ3n) is 2.78. The Morgan fingerprint density at radius 2 is 2.00 bits per heavy atom. The standard InChI is InChI=1S/C12H16N4OS/c1-4-16(5-2)11-10-9(6-7-13-11)8-14-12(15-10)18(3)17/h6-8H,4-5H2,1-3H3. The highest BCUT2D eigenvalue weighted by Gasteiger charge is 2.12. The summed E-state index contributed by atoms with van der Waals surface area (Å²) in [6.45, 7) is 5.86. The van der Waals surface area contributed by atoms with Crippen LogP contribution in [0, 0.1) is 0 Å². The van der Waals surface area contributed by atoms with Gasteiger partial charge in [0.2, 0.25) is 5.16 Å². The molecule has 2 heterocycles. The molecule has 5 nitrogen and oxygen atoms in total. The van der Waals surface area contributed by atoms with Crippen molar-refractivity contribution in [2.24, 2.45) is 0 Å². The second-order valence-electron chi connectivity index (χ2n) is 3.85. The van der Waals surface area contributed by atoms with E-state index in [1.807, 2.05) is 6.07 Å². The summed E-state index contributed by atoms with van der Waals surface area (Å²) in [6.07, 6.45) is 5.03. The molecular weight excluding hydrogens is 248 g/mol. The summed E-state index contributed by atoms with van der Waals surface area (Å²) in [5.74, 6) is 0.826. The lowest BCUT2D eigenvalue weighted by molar-refractivity contribution is 0.680. The Bertz CT molecular complexity index is 583. The van der Waals surface area contributed by atoms with Crippen molar-refractivity contribution in [3.8, 4) is 0 Å². The van der Waals surface area contributed by atoms with Crippen LogP contribution in [-0.2, 0) is 10.8 Å². The Morgan fingerprint density at radius 1 is 1.28 bits per heavy atom. The second-order valence-corrected chi connectivity index (χ2v) is 5.12. The first-order valence-corrected chi connectivity index (χ1v) is 7.43. The maximum Gasteiger partial charge on any atom is 0.218 e. The van der Waals surface area contributed by atoms with Gasteiger partial charge in [-0.15, -0.1) is 0 Å². The van der Waals surface area contributed by atoms with E-state index in [0.717, 1.165) is 29.8 Å². The normalized spacial score (nSPS) is 12.6. The molecule has 18 heavy (non-hydrogen) atoms. The molecule has 0 spiro atoms. The summed E-state index contributed by atoms with van der Waals surface area (Å²) in [5, 5.41) is 1.27. The van der Waals surface area contributed by atoms with Crippen molar-refractivity contribution >= 4 is 27.5 Å². The van der Waals surface area contributed by atoms with Crippen LogP contribution in [0.25, 0.3) is 10.9 Å². The van der Waals surface area contributed by atoms with Crippen LogP contribution < -0.4 is 4.90 Å². The quantitative estimate of drug-likeness (QED) is 0.785. The SMILES string of the molecule is CCN(CC)c1nccc2cnc(S(C)=O)nc12. The minimum Gasteiger partial charge on any atom is -0.355 e. The molecule has 2 aromatic rings. The van der Waals surface area contributed by atoms with Gasteiger partial charge in [0.1, 0.15) is 5.52 Å². The fraction of sp³-hybridized carbons (Fsp3) is 0.417. The lowest BCUT2D eigenvalue weighted by atomic mass is 10.3. The first kappa shape index (κ1) is 12.9. The predicted molar refractivity (Wildman–Crippen MR) is 73.2 cm³/mol. The molecule has 1 atom stereocenters. The molecule has 0 fully saturated rings. The number of rotatable bonds is 4. The summed E-state index contributed by atoms with van der Waals surface area (Å²) in [5.41, 5.74) is 0.765. The Hall–Kier alpha value is -1.56. The number of hydrogen-bond acceptors (Lipinski definition) is 5. The van der Waals surface area contributed by atoms with Crippen LogP contribution in [0.15, 0.2) is 23.6 Å². The van der Waals surface area contributed by atoms with E-state index in [4.69, 9.17) is 0 Å². The van der Waals surface area contributed by atoms with Crippen LogP contribution in [0.2, 0.25) is 0 Å².